The molecule has 7 heteroatoms. The molecule has 0 bridgehead atoms. The zero-order valence-electron chi connectivity index (χ0n) is 15.6. The minimum Gasteiger partial charge on any atom is -0.462 e. The number of esters is 1. The van der Waals surface area contributed by atoms with Crippen molar-refractivity contribution in [1.29, 1.82) is 0 Å². The van der Waals surface area contributed by atoms with E-state index in [4.69, 9.17) is 9.72 Å². The Labute approximate surface area is 162 Å². The molecular weight excluding hydrogens is 358 g/mol. The average molecular weight is 379 g/mol. The van der Waals surface area contributed by atoms with Crippen LogP contribution in [0, 0.1) is 10.1 Å². The van der Waals surface area contributed by atoms with E-state index in [2.05, 4.69) is 4.57 Å². The number of aromatic nitrogens is 2. The van der Waals surface area contributed by atoms with Crippen molar-refractivity contribution in [3.8, 4) is 11.4 Å². The molecule has 144 valence electrons. The molecule has 1 fully saturated rings. The lowest BCUT2D eigenvalue weighted by Gasteiger charge is -2.16. The van der Waals surface area contributed by atoms with Crippen LogP contribution in [0.1, 0.15) is 49.0 Å². The first-order valence-corrected chi connectivity index (χ1v) is 9.52. The lowest BCUT2D eigenvalue weighted by Crippen LogP contribution is -2.07. The van der Waals surface area contributed by atoms with Gasteiger partial charge in [-0.05, 0) is 50.1 Å². The second-order valence-corrected chi connectivity index (χ2v) is 6.97. The number of imidazole rings is 1. The smallest absolute Gasteiger partial charge is 0.338 e. The maximum atomic E-state index is 12.1. The number of nitro groups is 1. The molecule has 1 aliphatic carbocycles. The molecule has 1 heterocycles. The van der Waals surface area contributed by atoms with Gasteiger partial charge in [-0.2, -0.15) is 0 Å². The Hall–Kier alpha value is -3.22. The normalized spacial score (nSPS) is 14.5. The van der Waals surface area contributed by atoms with Gasteiger partial charge in [0.25, 0.3) is 5.69 Å². The number of benzene rings is 2. The van der Waals surface area contributed by atoms with Gasteiger partial charge in [-0.1, -0.05) is 12.8 Å². The van der Waals surface area contributed by atoms with Gasteiger partial charge in [-0.15, -0.1) is 0 Å². The van der Waals surface area contributed by atoms with Crippen LogP contribution < -0.4 is 0 Å². The molecule has 1 saturated carbocycles. The number of rotatable bonds is 5. The number of carbonyl (C=O) groups excluding carboxylic acids is 1. The van der Waals surface area contributed by atoms with Crippen molar-refractivity contribution in [3.05, 3.63) is 58.1 Å². The third kappa shape index (κ3) is 3.24. The first-order valence-electron chi connectivity index (χ1n) is 9.52. The highest BCUT2D eigenvalue weighted by molar-refractivity contribution is 5.94. The summed E-state index contributed by atoms with van der Waals surface area (Å²) in [6.07, 6.45) is 4.49. The van der Waals surface area contributed by atoms with Crippen LogP contribution in [0.3, 0.4) is 0 Å². The topological polar surface area (TPSA) is 87.3 Å². The Balaban J connectivity index is 1.84. The van der Waals surface area contributed by atoms with Gasteiger partial charge in [0.2, 0.25) is 0 Å². The Morgan fingerprint density at radius 2 is 1.93 bits per heavy atom. The lowest BCUT2D eigenvalue weighted by atomic mass is 10.1. The number of nitro benzene ring substituents is 1. The largest absolute Gasteiger partial charge is 0.462 e. The molecular formula is C21H21N3O4. The lowest BCUT2D eigenvalue weighted by molar-refractivity contribution is -0.384. The predicted octanol–water partition coefficient (Wildman–Crippen LogP) is 4.90. The van der Waals surface area contributed by atoms with Crippen LogP contribution in [0.5, 0.6) is 0 Å². The van der Waals surface area contributed by atoms with E-state index in [1.54, 1.807) is 31.2 Å². The highest BCUT2D eigenvalue weighted by atomic mass is 16.6. The molecule has 7 nitrogen and oxygen atoms in total. The first kappa shape index (κ1) is 18.2. The fourth-order valence-electron chi connectivity index (χ4n) is 3.91. The molecule has 0 spiro atoms. The number of non-ortho nitro benzene ring substituents is 1. The molecule has 0 atom stereocenters. The molecule has 0 saturated heterocycles. The van der Waals surface area contributed by atoms with Crippen LogP contribution in [0.15, 0.2) is 42.5 Å². The van der Waals surface area contributed by atoms with Crippen LogP contribution in [0.2, 0.25) is 0 Å². The van der Waals surface area contributed by atoms with E-state index in [9.17, 15) is 14.9 Å². The van der Waals surface area contributed by atoms with Crippen molar-refractivity contribution in [2.75, 3.05) is 6.61 Å². The van der Waals surface area contributed by atoms with Gasteiger partial charge >= 0.3 is 5.97 Å². The third-order valence-electron chi connectivity index (χ3n) is 5.23. The first-order chi connectivity index (χ1) is 13.6. The number of ether oxygens (including phenoxy) is 1. The Bertz CT molecular complexity index is 1030. The molecule has 0 amide bonds. The predicted molar refractivity (Wildman–Crippen MR) is 105 cm³/mol. The van der Waals surface area contributed by atoms with Crippen molar-refractivity contribution in [3.63, 3.8) is 0 Å². The Morgan fingerprint density at radius 3 is 2.57 bits per heavy atom. The zero-order valence-corrected chi connectivity index (χ0v) is 15.6. The summed E-state index contributed by atoms with van der Waals surface area (Å²) in [5.41, 5.74) is 3.04. The maximum Gasteiger partial charge on any atom is 0.338 e. The molecule has 0 radical (unpaired) electrons. The van der Waals surface area contributed by atoms with Gasteiger partial charge in [0, 0.05) is 23.7 Å². The quantitative estimate of drug-likeness (QED) is 0.357. The van der Waals surface area contributed by atoms with Crippen LogP contribution in [0.4, 0.5) is 5.69 Å². The molecule has 2 aromatic carbocycles. The van der Waals surface area contributed by atoms with Crippen LogP contribution in [-0.2, 0) is 4.74 Å². The van der Waals surface area contributed by atoms with Gasteiger partial charge in [0.15, 0.2) is 0 Å². The number of hydrogen-bond donors (Lipinski definition) is 0. The Kier molecular flexibility index (Phi) is 4.81. The molecule has 4 rings (SSSR count). The molecule has 0 N–H and O–H groups in total. The minimum atomic E-state index is -0.407. The van der Waals surface area contributed by atoms with Gasteiger partial charge in [0.05, 0.1) is 28.1 Å². The van der Waals surface area contributed by atoms with Crippen LogP contribution in [-0.4, -0.2) is 27.1 Å². The molecule has 3 aromatic rings. The van der Waals surface area contributed by atoms with Crippen molar-refractivity contribution in [2.45, 2.75) is 38.6 Å². The summed E-state index contributed by atoms with van der Waals surface area (Å²) in [5.74, 6) is 0.412. The molecule has 0 unspecified atom stereocenters. The van der Waals surface area contributed by atoms with Gasteiger partial charge < -0.3 is 9.30 Å². The summed E-state index contributed by atoms with van der Waals surface area (Å²) in [6, 6.07) is 12.2. The summed E-state index contributed by atoms with van der Waals surface area (Å²) in [5, 5.41) is 11.0. The number of carbonyl (C=O) groups is 1. The third-order valence-corrected chi connectivity index (χ3v) is 5.23. The fraction of sp³-hybridized carbons (Fsp3) is 0.333. The van der Waals surface area contributed by atoms with Crippen molar-refractivity contribution >= 4 is 22.7 Å². The zero-order chi connectivity index (χ0) is 19.7. The van der Waals surface area contributed by atoms with Crippen molar-refractivity contribution in [1.82, 2.24) is 9.55 Å². The van der Waals surface area contributed by atoms with E-state index in [-0.39, 0.29) is 11.7 Å². The summed E-state index contributed by atoms with van der Waals surface area (Å²) in [6.45, 7) is 2.10. The van der Waals surface area contributed by atoms with E-state index < -0.39 is 4.92 Å². The summed E-state index contributed by atoms with van der Waals surface area (Å²) < 4.78 is 7.32. The van der Waals surface area contributed by atoms with E-state index in [1.807, 2.05) is 6.07 Å². The fourth-order valence-corrected chi connectivity index (χ4v) is 3.91. The summed E-state index contributed by atoms with van der Waals surface area (Å²) >= 11 is 0. The van der Waals surface area contributed by atoms with E-state index in [0.717, 1.165) is 35.3 Å². The Morgan fingerprint density at radius 1 is 1.21 bits per heavy atom. The maximum absolute atomic E-state index is 12.1. The van der Waals surface area contributed by atoms with Gasteiger partial charge in [-0.3, -0.25) is 10.1 Å². The van der Waals surface area contributed by atoms with Crippen LogP contribution in [0.25, 0.3) is 22.4 Å². The number of nitrogens with zero attached hydrogens (tertiary/aromatic N) is 3. The summed E-state index contributed by atoms with van der Waals surface area (Å²) in [4.78, 5) is 27.4. The highest BCUT2D eigenvalue weighted by Gasteiger charge is 2.24. The summed E-state index contributed by atoms with van der Waals surface area (Å²) in [7, 11) is 0. The highest BCUT2D eigenvalue weighted by Crippen LogP contribution is 2.37. The van der Waals surface area contributed by atoms with Gasteiger partial charge in [0.1, 0.15) is 5.82 Å². The standard InChI is InChI=1S/C21H21N3O4/c1-2-28-21(25)15-9-12-19-18(13-15)22-20(23(19)16-5-3-4-6-16)14-7-10-17(11-8-14)24(26)27/h7-13,16H,2-6H2,1H3. The molecule has 0 aliphatic heterocycles. The van der Waals surface area contributed by atoms with Crippen LogP contribution >= 0.6 is 0 Å². The van der Waals surface area contributed by atoms with E-state index in [1.165, 1.54) is 25.0 Å². The second kappa shape index (κ2) is 7.42. The van der Waals surface area contributed by atoms with E-state index in [0.29, 0.717) is 18.2 Å². The van der Waals surface area contributed by atoms with Crippen molar-refractivity contribution in [2.24, 2.45) is 0 Å². The SMILES string of the molecule is CCOC(=O)c1ccc2c(c1)nc(-c1ccc([N+](=O)[O-])cc1)n2C1CCCC1. The molecule has 28 heavy (non-hydrogen) atoms. The van der Waals surface area contributed by atoms with E-state index >= 15 is 0 Å². The number of fused-ring (bicyclic) bond motifs is 1. The second-order valence-electron chi connectivity index (χ2n) is 6.97. The monoisotopic (exact) mass is 379 g/mol. The number of hydrogen-bond acceptors (Lipinski definition) is 5. The average Bonchev–Trinajstić information content (AvgIpc) is 3.35. The molecule has 1 aromatic heterocycles. The molecule has 1 aliphatic rings. The minimum absolute atomic E-state index is 0.0527. The van der Waals surface area contributed by atoms with Gasteiger partial charge in [-0.25, -0.2) is 9.78 Å². The van der Waals surface area contributed by atoms with Crippen molar-refractivity contribution < 1.29 is 14.5 Å².